The van der Waals surface area contributed by atoms with E-state index < -0.39 is 18.3 Å². The van der Waals surface area contributed by atoms with Crippen LogP contribution in [0.5, 0.6) is 0 Å². The van der Waals surface area contributed by atoms with Crippen LogP contribution in [-0.2, 0) is 5.60 Å². The molecule has 0 bridgehead atoms. The van der Waals surface area contributed by atoms with E-state index in [9.17, 15) is 18.3 Å². The van der Waals surface area contributed by atoms with E-state index in [1.807, 2.05) is 0 Å². The highest BCUT2D eigenvalue weighted by Crippen LogP contribution is 2.39. The summed E-state index contributed by atoms with van der Waals surface area (Å²) in [6.07, 6.45) is -2.48. The Morgan fingerprint density at radius 3 is 2.43 bits per heavy atom. The highest BCUT2D eigenvalue weighted by atomic mass is 35.5. The van der Waals surface area contributed by atoms with Crippen LogP contribution in [0.4, 0.5) is 19.0 Å². The maximum Gasteiger partial charge on any atom is 0.423 e. The van der Waals surface area contributed by atoms with Crippen molar-refractivity contribution < 1.29 is 18.3 Å². The van der Waals surface area contributed by atoms with E-state index in [0.717, 1.165) is 6.33 Å². The fourth-order valence-electron chi connectivity index (χ4n) is 1.73. The molecule has 21 heavy (non-hydrogen) atoms. The number of rotatable bonds is 4. The lowest BCUT2D eigenvalue weighted by atomic mass is 9.93. The van der Waals surface area contributed by atoms with Gasteiger partial charge in [0.15, 0.2) is 0 Å². The molecule has 0 aliphatic carbocycles. The van der Waals surface area contributed by atoms with Crippen molar-refractivity contribution in [3.8, 4) is 0 Å². The van der Waals surface area contributed by atoms with Gasteiger partial charge in [-0.15, -0.1) is 0 Å². The van der Waals surface area contributed by atoms with Gasteiger partial charge in [-0.05, 0) is 5.56 Å². The molecule has 1 unspecified atom stereocenters. The molecule has 8 heteroatoms. The smallest absolute Gasteiger partial charge is 0.375 e. The fraction of sp³-hybridized carbons (Fsp3) is 0.231. The highest BCUT2D eigenvalue weighted by Gasteiger charge is 2.54. The molecule has 0 aliphatic heterocycles. The van der Waals surface area contributed by atoms with Crippen LogP contribution in [0.1, 0.15) is 5.56 Å². The van der Waals surface area contributed by atoms with Crippen molar-refractivity contribution in [2.45, 2.75) is 11.8 Å². The summed E-state index contributed by atoms with van der Waals surface area (Å²) in [6.45, 7) is -0.822. The maximum atomic E-state index is 13.2. The monoisotopic (exact) mass is 317 g/mol. The van der Waals surface area contributed by atoms with Crippen molar-refractivity contribution in [2.75, 3.05) is 11.9 Å². The predicted octanol–water partition coefficient (Wildman–Crippen LogP) is 2.99. The maximum absolute atomic E-state index is 13.2. The Morgan fingerprint density at radius 2 is 1.86 bits per heavy atom. The summed E-state index contributed by atoms with van der Waals surface area (Å²) < 4.78 is 39.7. The van der Waals surface area contributed by atoms with E-state index in [2.05, 4.69) is 15.3 Å². The molecule has 0 radical (unpaired) electrons. The van der Waals surface area contributed by atoms with Gasteiger partial charge in [-0.25, -0.2) is 9.97 Å². The molecule has 0 amide bonds. The molecule has 112 valence electrons. The Morgan fingerprint density at radius 1 is 1.19 bits per heavy atom. The number of aliphatic hydroxyl groups is 1. The van der Waals surface area contributed by atoms with E-state index in [4.69, 9.17) is 11.6 Å². The van der Waals surface area contributed by atoms with E-state index in [1.165, 1.54) is 30.5 Å². The van der Waals surface area contributed by atoms with Crippen molar-refractivity contribution in [3.05, 3.63) is 53.4 Å². The van der Waals surface area contributed by atoms with Crippen LogP contribution in [0.3, 0.4) is 0 Å². The molecule has 2 N–H and O–H groups in total. The predicted molar refractivity (Wildman–Crippen MR) is 71.9 cm³/mol. The number of benzene rings is 1. The third-order valence-electron chi connectivity index (χ3n) is 2.90. The molecule has 2 aromatic rings. The second-order valence-electron chi connectivity index (χ2n) is 4.30. The Balaban J connectivity index is 2.29. The number of alkyl halides is 3. The molecule has 1 aromatic heterocycles. The SMILES string of the molecule is OC(CNc1ncncc1Cl)(c1ccccc1)C(F)(F)F. The minimum Gasteiger partial charge on any atom is -0.375 e. The Bertz CT molecular complexity index is 609. The Kier molecular flexibility index (Phi) is 4.34. The third kappa shape index (κ3) is 3.25. The second-order valence-corrected chi connectivity index (χ2v) is 4.70. The summed E-state index contributed by atoms with van der Waals surface area (Å²) >= 11 is 5.76. The second kappa shape index (κ2) is 5.87. The number of halogens is 4. The van der Waals surface area contributed by atoms with E-state index in [0.29, 0.717) is 0 Å². The van der Waals surface area contributed by atoms with E-state index >= 15 is 0 Å². The van der Waals surface area contributed by atoms with Gasteiger partial charge in [-0.2, -0.15) is 13.2 Å². The Hall–Kier alpha value is -1.86. The van der Waals surface area contributed by atoms with E-state index in [-0.39, 0.29) is 16.4 Å². The molecule has 2 rings (SSSR count). The summed E-state index contributed by atoms with van der Waals surface area (Å²) in [5.41, 5.74) is -3.32. The zero-order valence-electron chi connectivity index (χ0n) is 10.6. The Labute approximate surface area is 123 Å². The lowest BCUT2D eigenvalue weighted by molar-refractivity contribution is -0.260. The summed E-state index contributed by atoms with van der Waals surface area (Å²) in [5, 5.41) is 12.6. The van der Waals surface area contributed by atoms with Crippen LogP contribution in [0.15, 0.2) is 42.9 Å². The molecular weight excluding hydrogens is 307 g/mol. The summed E-state index contributed by atoms with van der Waals surface area (Å²) in [5.74, 6) is 0.0188. The largest absolute Gasteiger partial charge is 0.423 e. The van der Waals surface area contributed by atoms with Gasteiger partial charge in [-0.1, -0.05) is 41.9 Å². The lowest BCUT2D eigenvalue weighted by Crippen LogP contribution is -2.47. The quantitative estimate of drug-likeness (QED) is 0.910. The molecule has 0 saturated heterocycles. The van der Waals surface area contributed by atoms with Gasteiger partial charge < -0.3 is 10.4 Å². The van der Waals surface area contributed by atoms with Gasteiger partial charge in [0, 0.05) is 0 Å². The molecule has 1 atom stereocenters. The third-order valence-corrected chi connectivity index (χ3v) is 3.18. The van der Waals surface area contributed by atoms with Gasteiger partial charge in [0.05, 0.1) is 12.7 Å². The van der Waals surface area contributed by atoms with Crippen molar-refractivity contribution in [3.63, 3.8) is 0 Å². The van der Waals surface area contributed by atoms with Gasteiger partial charge in [0.1, 0.15) is 17.2 Å². The van der Waals surface area contributed by atoms with Crippen LogP contribution < -0.4 is 5.32 Å². The number of anilines is 1. The van der Waals surface area contributed by atoms with Gasteiger partial charge in [0.25, 0.3) is 0 Å². The molecule has 0 saturated carbocycles. The van der Waals surface area contributed by atoms with Crippen LogP contribution >= 0.6 is 11.6 Å². The summed E-state index contributed by atoms with van der Waals surface area (Å²) in [4.78, 5) is 7.35. The zero-order valence-corrected chi connectivity index (χ0v) is 11.4. The molecule has 0 aliphatic rings. The summed E-state index contributed by atoms with van der Waals surface area (Å²) in [6, 6.07) is 6.82. The number of nitrogens with zero attached hydrogens (tertiary/aromatic N) is 2. The standard InChI is InChI=1S/C13H11ClF3N3O/c14-10-6-18-8-20-11(10)19-7-12(21,13(15,16)17)9-4-2-1-3-5-9/h1-6,8,21H,7H2,(H,18,19,20). The van der Waals surface area contributed by atoms with Gasteiger partial charge in [0.2, 0.25) is 5.60 Å². The van der Waals surface area contributed by atoms with Crippen LogP contribution in [-0.4, -0.2) is 27.8 Å². The molecule has 4 nitrogen and oxygen atoms in total. The molecule has 1 aromatic carbocycles. The lowest BCUT2D eigenvalue weighted by Gasteiger charge is -2.31. The number of nitrogens with one attached hydrogen (secondary N) is 1. The minimum atomic E-state index is -4.86. The molecular formula is C13H11ClF3N3O. The van der Waals surface area contributed by atoms with Crippen molar-refractivity contribution in [1.29, 1.82) is 0 Å². The first-order valence-corrected chi connectivity index (χ1v) is 6.26. The molecule has 0 spiro atoms. The summed E-state index contributed by atoms with van der Waals surface area (Å²) in [7, 11) is 0. The van der Waals surface area contributed by atoms with Gasteiger partial charge >= 0.3 is 6.18 Å². The number of hydrogen-bond acceptors (Lipinski definition) is 4. The molecule has 1 heterocycles. The van der Waals surface area contributed by atoms with Crippen molar-refractivity contribution in [2.24, 2.45) is 0 Å². The average Bonchev–Trinajstić information content (AvgIpc) is 2.46. The van der Waals surface area contributed by atoms with Crippen LogP contribution in [0.25, 0.3) is 0 Å². The van der Waals surface area contributed by atoms with Crippen LogP contribution in [0.2, 0.25) is 5.02 Å². The van der Waals surface area contributed by atoms with Crippen molar-refractivity contribution >= 4 is 17.4 Å². The minimum absolute atomic E-state index is 0.0188. The normalized spacial score (nSPS) is 14.5. The first kappa shape index (κ1) is 15.5. The van der Waals surface area contributed by atoms with Crippen LogP contribution in [0, 0.1) is 0 Å². The highest BCUT2D eigenvalue weighted by molar-refractivity contribution is 6.32. The first-order chi connectivity index (χ1) is 9.84. The molecule has 0 fully saturated rings. The first-order valence-electron chi connectivity index (χ1n) is 5.88. The van der Waals surface area contributed by atoms with E-state index in [1.54, 1.807) is 6.07 Å². The number of aromatic nitrogens is 2. The average molecular weight is 318 g/mol. The van der Waals surface area contributed by atoms with Crippen molar-refractivity contribution in [1.82, 2.24) is 9.97 Å². The zero-order chi connectivity index (χ0) is 15.5. The number of hydrogen-bond donors (Lipinski definition) is 2. The fourth-order valence-corrected chi connectivity index (χ4v) is 1.91. The van der Waals surface area contributed by atoms with Gasteiger partial charge in [-0.3, -0.25) is 0 Å². The topological polar surface area (TPSA) is 58.0 Å².